The summed E-state index contributed by atoms with van der Waals surface area (Å²) in [5.41, 5.74) is 4.30. The first-order valence-electron chi connectivity index (χ1n) is 11.9. The number of hydrogen-bond donors (Lipinski definition) is 4. The zero-order chi connectivity index (χ0) is 26.3. The van der Waals surface area contributed by atoms with E-state index < -0.39 is 11.1 Å². The van der Waals surface area contributed by atoms with Crippen LogP contribution in [-0.4, -0.2) is 46.1 Å². The molecular formula is C30H34MnN2O4. The second-order valence-electron chi connectivity index (χ2n) is 10.1. The van der Waals surface area contributed by atoms with Crippen molar-refractivity contribution in [2.45, 2.75) is 38.8 Å². The second-order valence-corrected chi connectivity index (χ2v) is 10.1. The molecule has 0 saturated heterocycles. The number of rotatable bonds is 6. The van der Waals surface area contributed by atoms with Crippen molar-refractivity contribution in [1.29, 1.82) is 0 Å². The summed E-state index contributed by atoms with van der Waals surface area (Å²) in [5.74, 6) is -0.0371. The van der Waals surface area contributed by atoms with Gasteiger partial charge in [0.05, 0.1) is 24.3 Å². The van der Waals surface area contributed by atoms with Crippen molar-refractivity contribution < 1.29 is 36.9 Å². The van der Waals surface area contributed by atoms with Crippen molar-refractivity contribution in [1.82, 2.24) is 10.6 Å². The van der Waals surface area contributed by atoms with Crippen molar-refractivity contribution in [3.63, 3.8) is 0 Å². The van der Waals surface area contributed by atoms with Crippen LogP contribution in [0.5, 0.6) is 0 Å². The molecule has 0 atom stereocenters. The predicted molar refractivity (Wildman–Crippen MR) is 146 cm³/mol. The van der Waals surface area contributed by atoms with E-state index in [4.69, 9.17) is 0 Å². The molecule has 7 heteroatoms. The monoisotopic (exact) mass is 541 g/mol. The molecule has 4 rings (SSSR count). The number of ketones is 2. The van der Waals surface area contributed by atoms with E-state index in [0.717, 1.165) is 22.3 Å². The number of allylic oxidation sites excluding steroid dienone is 4. The van der Waals surface area contributed by atoms with Gasteiger partial charge in [-0.2, -0.15) is 0 Å². The van der Waals surface area contributed by atoms with Gasteiger partial charge in [-0.3, -0.25) is 9.59 Å². The maximum atomic E-state index is 11.9. The maximum Gasteiger partial charge on any atom is 0.187 e. The molecule has 0 saturated carbocycles. The molecule has 6 nitrogen and oxygen atoms in total. The minimum Gasteiger partial charge on any atom is -0.394 e. The number of fused-ring (bicyclic) bond motifs is 2. The number of hydrogen-bond acceptors (Lipinski definition) is 6. The average Bonchev–Trinajstić information content (AvgIpc) is 2.88. The van der Waals surface area contributed by atoms with Crippen LogP contribution in [0, 0.1) is 0 Å². The van der Waals surface area contributed by atoms with Crippen LogP contribution >= 0.6 is 0 Å². The molecule has 2 aromatic carbocycles. The Balaban J connectivity index is 0.000000253. The minimum atomic E-state index is -0.441. The van der Waals surface area contributed by atoms with Gasteiger partial charge in [-0.25, -0.2) is 0 Å². The third-order valence-electron chi connectivity index (χ3n) is 5.87. The quantitative estimate of drug-likeness (QED) is 0.327. The van der Waals surface area contributed by atoms with E-state index in [1.165, 1.54) is 0 Å². The van der Waals surface area contributed by atoms with Gasteiger partial charge in [-0.1, -0.05) is 60.7 Å². The summed E-state index contributed by atoms with van der Waals surface area (Å²) in [6.07, 6.45) is 10.2. The molecule has 0 aliphatic heterocycles. The summed E-state index contributed by atoms with van der Waals surface area (Å²) in [4.78, 5) is 23.8. The third-order valence-corrected chi connectivity index (χ3v) is 5.87. The van der Waals surface area contributed by atoms with E-state index in [2.05, 4.69) is 10.6 Å². The topological polar surface area (TPSA) is 98.7 Å². The van der Waals surface area contributed by atoms with Crippen LogP contribution in [-0.2, 0) is 26.7 Å². The van der Waals surface area contributed by atoms with E-state index in [9.17, 15) is 19.8 Å². The molecule has 0 fully saturated rings. The molecule has 2 aliphatic carbocycles. The minimum absolute atomic E-state index is 0. The average molecular weight is 542 g/mol. The van der Waals surface area contributed by atoms with Crippen molar-refractivity contribution >= 4 is 34.9 Å². The third kappa shape index (κ3) is 7.88. The molecule has 4 N–H and O–H groups in total. The molecule has 195 valence electrons. The van der Waals surface area contributed by atoms with Crippen molar-refractivity contribution in [2.24, 2.45) is 0 Å². The smallest absolute Gasteiger partial charge is 0.187 e. The molecule has 0 aromatic heterocycles. The number of benzene rings is 2. The zero-order valence-corrected chi connectivity index (χ0v) is 22.8. The fraction of sp³-hybridized carbons (Fsp3) is 0.267. The Morgan fingerprint density at radius 1 is 0.649 bits per heavy atom. The van der Waals surface area contributed by atoms with Gasteiger partial charge in [-0.15, -0.1) is 0 Å². The molecule has 1 radical (unpaired) electrons. The summed E-state index contributed by atoms with van der Waals surface area (Å²) >= 11 is 0. The molecule has 0 spiro atoms. The van der Waals surface area contributed by atoms with Crippen LogP contribution in [0.25, 0.3) is 23.3 Å². The van der Waals surface area contributed by atoms with Crippen molar-refractivity contribution in [3.8, 4) is 0 Å². The fourth-order valence-electron chi connectivity index (χ4n) is 3.48. The summed E-state index contributed by atoms with van der Waals surface area (Å²) in [7, 11) is 0. The van der Waals surface area contributed by atoms with Crippen LogP contribution in [0.1, 0.15) is 49.9 Å². The summed E-state index contributed by atoms with van der Waals surface area (Å²) in [5, 5.41) is 24.6. The van der Waals surface area contributed by atoms with E-state index in [1.54, 1.807) is 24.6 Å². The summed E-state index contributed by atoms with van der Waals surface area (Å²) in [6, 6.07) is 15.5. The van der Waals surface area contributed by atoms with Crippen LogP contribution < -0.4 is 10.6 Å². The van der Waals surface area contributed by atoms with Crippen molar-refractivity contribution in [3.05, 3.63) is 95.3 Å². The van der Waals surface area contributed by atoms with Crippen LogP contribution in [0.3, 0.4) is 0 Å². The fourth-order valence-corrected chi connectivity index (χ4v) is 3.48. The maximum absolute atomic E-state index is 11.9. The Morgan fingerprint density at radius 3 is 1.35 bits per heavy atom. The van der Waals surface area contributed by atoms with Gasteiger partial charge in [0.2, 0.25) is 0 Å². The second kappa shape index (κ2) is 12.8. The van der Waals surface area contributed by atoms with Gasteiger partial charge in [0.15, 0.2) is 11.6 Å². The first-order chi connectivity index (χ1) is 17.1. The standard InChI is InChI=1S/2C15H17NO2.Mn/c2*1-15(2,10-17)16-9-13-12-6-4-3-5-11(12)7-8-14(13)18;/h2*3-9,16-17H,10H2,1-2H3;. The molecule has 37 heavy (non-hydrogen) atoms. The Labute approximate surface area is 229 Å². The van der Waals surface area contributed by atoms with Gasteiger partial charge in [0, 0.05) is 40.6 Å². The van der Waals surface area contributed by atoms with Gasteiger partial charge in [-0.05, 0) is 62.1 Å². The molecule has 0 unspecified atom stereocenters. The Bertz CT molecular complexity index is 1160. The van der Waals surface area contributed by atoms with Gasteiger partial charge >= 0.3 is 0 Å². The SMILES string of the molecule is CC(C)(CO)NC=C1C(=O)C=Cc2ccccc21.CC(C)(CO)NC=C1C(=O)C=Cc2ccccc21.[Mn]. The Morgan fingerprint density at radius 2 is 1.00 bits per heavy atom. The first kappa shape index (κ1) is 30.0. The molecule has 2 aromatic rings. The summed E-state index contributed by atoms with van der Waals surface area (Å²) in [6.45, 7) is 7.50. The number of carbonyl (C=O) groups excluding carboxylic acids is 2. The largest absolute Gasteiger partial charge is 0.394 e. The molecule has 0 bridgehead atoms. The molecular weight excluding hydrogens is 507 g/mol. The molecule has 0 heterocycles. The predicted octanol–water partition coefficient (Wildman–Crippen LogP) is 3.97. The van der Waals surface area contributed by atoms with Crippen LogP contribution in [0.4, 0.5) is 0 Å². The Kier molecular flexibility index (Phi) is 10.4. The van der Waals surface area contributed by atoms with Crippen LogP contribution in [0.2, 0.25) is 0 Å². The molecule has 2 aliphatic rings. The number of carbonyl (C=O) groups is 2. The van der Waals surface area contributed by atoms with E-state index in [-0.39, 0.29) is 41.8 Å². The van der Waals surface area contributed by atoms with E-state index >= 15 is 0 Å². The van der Waals surface area contributed by atoms with Gasteiger partial charge in [0.1, 0.15) is 0 Å². The van der Waals surface area contributed by atoms with Gasteiger partial charge < -0.3 is 20.8 Å². The normalized spacial score (nSPS) is 16.4. The first-order valence-corrected chi connectivity index (χ1v) is 11.9. The van der Waals surface area contributed by atoms with Crippen molar-refractivity contribution in [2.75, 3.05) is 13.2 Å². The van der Waals surface area contributed by atoms with Gasteiger partial charge in [0.25, 0.3) is 0 Å². The molecule has 0 amide bonds. The number of aliphatic hydroxyl groups excluding tert-OH is 2. The number of nitrogens with one attached hydrogen (secondary N) is 2. The zero-order valence-electron chi connectivity index (χ0n) is 21.6. The summed E-state index contributed by atoms with van der Waals surface area (Å²) < 4.78 is 0. The van der Waals surface area contributed by atoms with E-state index in [1.807, 2.05) is 88.4 Å². The van der Waals surface area contributed by atoms with E-state index in [0.29, 0.717) is 11.1 Å². The van der Waals surface area contributed by atoms with Crippen LogP contribution in [0.15, 0.2) is 73.1 Å². The Hall–Kier alpha value is -3.22. The number of aliphatic hydroxyl groups is 2.